The lowest BCUT2D eigenvalue weighted by molar-refractivity contribution is -0.0793. The Balaban J connectivity index is 1.64. The van der Waals surface area contributed by atoms with Crippen LogP contribution in [0.15, 0.2) is 6.33 Å². The van der Waals surface area contributed by atoms with Crippen LogP contribution in [0.25, 0.3) is 0 Å². The van der Waals surface area contributed by atoms with Gasteiger partial charge in [0.15, 0.2) is 0 Å². The van der Waals surface area contributed by atoms with Crippen LogP contribution < -0.4 is 5.32 Å². The minimum atomic E-state index is 0.527. The zero-order valence-electron chi connectivity index (χ0n) is 12.7. The minimum Gasteiger partial charge on any atom is -0.313 e. The molecule has 1 unspecified atom stereocenters. The average molecular weight is 274 g/mol. The Hall–Kier alpha value is -0.900. The molecule has 0 aliphatic heterocycles. The van der Waals surface area contributed by atoms with Crippen LogP contribution in [0.3, 0.4) is 0 Å². The third-order valence-electron chi connectivity index (χ3n) is 6.37. The lowest BCUT2D eigenvalue weighted by Gasteiger charge is -2.59. The van der Waals surface area contributed by atoms with E-state index in [2.05, 4.69) is 27.0 Å². The molecule has 0 saturated heterocycles. The van der Waals surface area contributed by atoms with Crippen LogP contribution in [0.5, 0.6) is 0 Å². The lowest BCUT2D eigenvalue weighted by Crippen LogP contribution is -2.49. The van der Waals surface area contributed by atoms with Crippen LogP contribution >= 0.6 is 0 Å². The van der Waals surface area contributed by atoms with E-state index in [0.29, 0.717) is 11.5 Å². The van der Waals surface area contributed by atoms with Crippen molar-refractivity contribution in [2.24, 2.45) is 23.2 Å². The molecule has 0 radical (unpaired) electrons. The highest BCUT2D eigenvalue weighted by Gasteiger charge is 2.53. The van der Waals surface area contributed by atoms with Gasteiger partial charge in [0.25, 0.3) is 0 Å². The molecular formula is C16H26N4. The van der Waals surface area contributed by atoms with Gasteiger partial charge in [-0.3, -0.25) is 0 Å². The van der Waals surface area contributed by atoms with Crippen molar-refractivity contribution in [3.8, 4) is 0 Å². The maximum absolute atomic E-state index is 4.30. The molecule has 1 aromatic heterocycles. The molecule has 20 heavy (non-hydrogen) atoms. The van der Waals surface area contributed by atoms with Gasteiger partial charge in [0, 0.05) is 6.04 Å². The fourth-order valence-corrected chi connectivity index (χ4v) is 5.86. The van der Waals surface area contributed by atoms with Gasteiger partial charge in [-0.2, -0.15) is 0 Å². The fraction of sp³-hybridized carbons (Fsp3) is 0.875. The number of hydrogen-bond donors (Lipinski definition) is 1. The van der Waals surface area contributed by atoms with Crippen molar-refractivity contribution >= 4 is 0 Å². The number of aromatic nitrogens is 3. The highest BCUT2D eigenvalue weighted by molar-refractivity contribution is 5.06. The maximum Gasteiger partial charge on any atom is 0.147 e. The summed E-state index contributed by atoms with van der Waals surface area (Å²) >= 11 is 0. The van der Waals surface area contributed by atoms with Crippen LogP contribution in [-0.2, 0) is 6.54 Å². The van der Waals surface area contributed by atoms with Crippen molar-refractivity contribution in [3.63, 3.8) is 0 Å². The normalized spacial score (nSPS) is 40.2. The summed E-state index contributed by atoms with van der Waals surface area (Å²) in [4.78, 5) is 0. The number of rotatable bonds is 4. The van der Waals surface area contributed by atoms with E-state index in [-0.39, 0.29) is 0 Å². The monoisotopic (exact) mass is 274 g/mol. The summed E-state index contributed by atoms with van der Waals surface area (Å²) in [5.41, 5.74) is 0.527. The number of hydrogen-bond acceptors (Lipinski definition) is 3. The Morgan fingerprint density at radius 1 is 1.25 bits per heavy atom. The average Bonchev–Trinajstić information content (AvgIpc) is 2.85. The smallest absolute Gasteiger partial charge is 0.147 e. The van der Waals surface area contributed by atoms with E-state index in [1.165, 1.54) is 38.5 Å². The molecular weight excluding hydrogens is 248 g/mol. The second-order valence-corrected chi connectivity index (χ2v) is 7.64. The maximum atomic E-state index is 4.30. The summed E-state index contributed by atoms with van der Waals surface area (Å²) in [6.07, 6.45) is 10.8. The van der Waals surface area contributed by atoms with Crippen molar-refractivity contribution in [2.75, 3.05) is 7.05 Å². The number of nitrogens with zero attached hydrogens (tertiary/aromatic N) is 3. The van der Waals surface area contributed by atoms with Crippen LogP contribution in [0.1, 0.15) is 57.3 Å². The molecule has 4 nitrogen and oxygen atoms in total. The summed E-state index contributed by atoms with van der Waals surface area (Å²) in [5, 5.41) is 11.7. The van der Waals surface area contributed by atoms with E-state index < -0.39 is 0 Å². The van der Waals surface area contributed by atoms with Gasteiger partial charge < -0.3 is 9.88 Å². The quantitative estimate of drug-likeness (QED) is 0.918. The van der Waals surface area contributed by atoms with Crippen molar-refractivity contribution in [2.45, 2.75) is 58.0 Å². The summed E-state index contributed by atoms with van der Waals surface area (Å²) < 4.78 is 2.35. The molecule has 0 aromatic carbocycles. The topological polar surface area (TPSA) is 42.7 Å². The molecule has 1 aromatic rings. The zero-order valence-corrected chi connectivity index (χ0v) is 12.7. The van der Waals surface area contributed by atoms with Crippen molar-refractivity contribution in [3.05, 3.63) is 12.2 Å². The molecule has 0 spiro atoms. The number of nitrogens with one attached hydrogen (secondary N) is 1. The summed E-state index contributed by atoms with van der Waals surface area (Å²) in [5.74, 6) is 4.12. The molecule has 4 fully saturated rings. The Morgan fingerprint density at radius 2 is 1.85 bits per heavy atom. The van der Waals surface area contributed by atoms with Gasteiger partial charge in [-0.05, 0) is 75.7 Å². The highest BCUT2D eigenvalue weighted by Crippen LogP contribution is 2.63. The minimum absolute atomic E-state index is 0.527. The molecule has 0 amide bonds. The first-order valence-corrected chi connectivity index (χ1v) is 8.23. The first-order valence-electron chi connectivity index (χ1n) is 8.23. The Labute approximate surface area is 121 Å². The molecule has 1 heterocycles. The summed E-state index contributed by atoms with van der Waals surface area (Å²) in [6.45, 7) is 3.23. The van der Waals surface area contributed by atoms with E-state index in [1.54, 1.807) is 0 Å². The summed E-state index contributed by atoms with van der Waals surface area (Å²) in [7, 11) is 1.98. The molecule has 4 aliphatic rings. The van der Waals surface area contributed by atoms with E-state index in [1.807, 2.05) is 13.4 Å². The summed E-state index contributed by atoms with van der Waals surface area (Å²) in [6, 6.07) is 0.550. The molecule has 1 atom stereocenters. The van der Waals surface area contributed by atoms with Gasteiger partial charge in [-0.15, -0.1) is 10.2 Å². The van der Waals surface area contributed by atoms with E-state index in [9.17, 15) is 0 Å². The third kappa shape index (κ3) is 1.84. The SMILES string of the molecule is CNCc1nncn1C(C)C12CC3CC(CC(C3)C1)C2. The van der Waals surface area contributed by atoms with E-state index in [0.717, 1.165) is 30.1 Å². The molecule has 1 N–H and O–H groups in total. The standard InChI is InChI=1S/C16H26N4/c1-11(20-10-18-19-15(20)9-17-2)16-6-12-3-13(7-16)5-14(4-12)8-16/h10-14,17H,3-9H2,1-2H3. The second kappa shape index (κ2) is 4.55. The van der Waals surface area contributed by atoms with E-state index >= 15 is 0 Å². The Kier molecular flexibility index (Phi) is 2.92. The van der Waals surface area contributed by atoms with Gasteiger partial charge in [-0.1, -0.05) is 0 Å². The van der Waals surface area contributed by atoms with Crippen LogP contribution in [0, 0.1) is 23.2 Å². The molecule has 4 saturated carbocycles. The molecule has 4 bridgehead atoms. The van der Waals surface area contributed by atoms with Gasteiger partial charge in [0.2, 0.25) is 0 Å². The van der Waals surface area contributed by atoms with Crippen LogP contribution in [0.2, 0.25) is 0 Å². The highest BCUT2D eigenvalue weighted by atomic mass is 15.3. The van der Waals surface area contributed by atoms with Gasteiger partial charge in [-0.25, -0.2) is 0 Å². The predicted molar refractivity (Wildman–Crippen MR) is 78.1 cm³/mol. The molecule has 4 heteroatoms. The fourth-order valence-electron chi connectivity index (χ4n) is 5.86. The van der Waals surface area contributed by atoms with Crippen LogP contribution in [0.4, 0.5) is 0 Å². The Morgan fingerprint density at radius 3 is 2.40 bits per heavy atom. The van der Waals surface area contributed by atoms with Crippen molar-refractivity contribution in [1.29, 1.82) is 0 Å². The third-order valence-corrected chi connectivity index (χ3v) is 6.37. The zero-order chi connectivity index (χ0) is 13.7. The lowest BCUT2D eigenvalue weighted by atomic mass is 9.48. The first kappa shape index (κ1) is 12.8. The van der Waals surface area contributed by atoms with Crippen molar-refractivity contribution in [1.82, 2.24) is 20.1 Å². The first-order chi connectivity index (χ1) is 9.70. The van der Waals surface area contributed by atoms with Crippen molar-refractivity contribution < 1.29 is 0 Å². The second-order valence-electron chi connectivity index (χ2n) is 7.64. The van der Waals surface area contributed by atoms with Crippen LogP contribution in [-0.4, -0.2) is 21.8 Å². The largest absolute Gasteiger partial charge is 0.313 e. The molecule has 5 rings (SSSR count). The Bertz CT molecular complexity index is 457. The molecule has 4 aliphatic carbocycles. The van der Waals surface area contributed by atoms with Gasteiger partial charge >= 0.3 is 0 Å². The van der Waals surface area contributed by atoms with E-state index in [4.69, 9.17) is 0 Å². The predicted octanol–water partition coefficient (Wildman–Crippen LogP) is 2.77. The van der Waals surface area contributed by atoms with Gasteiger partial charge in [0.1, 0.15) is 12.2 Å². The van der Waals surface area contributed by atoms with Gasteiger partial charge in [0.05, 0.1) is 6.54 Å². The molecule has 110 valence electrons.